The van der Waals surface area contributed by atoms with Crippen LogP contribution in [0.5, 0.6) is 0 Å². The first-order chi connectivity index (χ1) is 13.2. The number of ether oxygens (including phenoxy) is 2. The average Bonchev–Trinajstić information content (AvgIpc) is 2.63. The van der Waals surface area contributed by atoms with Crippen LogP contribution in [-0.4, -0.2) is 67.0 Å². The van der Waals surface area contributed by atoms with E-state index in [1.165, 1.54) is 13.8 Å². The maximum Gasteiger partial charge on any atom is 0.331 e. The van der Waals surface area contributed by atoms with Crippen LogP contribution in [0.2, 0.25) is 0 Å². The highest BCUT2D eigenvalue weighted by Gasteiger charge is 2.33. The van der Waals surface area contributed by atoms with Gasteiger partial charge in [0.05, 0.1) is 13.1 Å². The predicted octanol–water partition coefficient (Wildman–Crippen LogP) is -2.38. The molecule has 0 aromatic heterocycles. The second kappa shape index (κ2) is 9.02. The predicted molar refractivity (Wildman–Crippen MR) is 94.3 cm³/mol. The third-order valence-corrected chi connectivity index (χ3v) is 4.04. The van der Waals surface area contributed by atoms with E-state index in [0.717, 1.165) is 12.2 Å². The summed E-state index contributed by atoms with van der Waals surface area (Å²) in [7, 11) is 0. The molecule has 2 heterocycles. The molecule has 0 aliphatic carbocycles. The first kappa shape index (κ1) is 20.9. The zero-order chi connectivity index (χ0) is 20.8. The Morgan fingerprint density at radius 1 is 0.929 bits per heavy atom. The van der Waals surface area contributed by atoms with Crippen LogP contribution in [0.25, 0.3) is 0 Å². The van der Waals surface area contributed by atoms with Crippen molar-refractivity contribution in [3.63, 3.8) is 0 Å². The average molecular weight is 394 g/mol. The number of esters is 2. The van der Waals surface area contributed by atoms with Gasteiger partial charge in [0.15, 0.2) is 0 Å². The van der Waals surface area contributed by atoms with Crippen LogP contribution in [0, 0.1) is 0 Å². The summed E-state index contributed by atoms with van der Waals surface area (Å²) in [6.07, 6.45) is -0.0787. The molecule has 152 valence electrons. The smallest absolute Gasteiger partial charge is 0.331 e. The van der Waals surface area contributed by atoms with Gasteiger partial charge < -0.3 is 30.7 Å². The molecule has 2 aliphatic rings. The maximum atomic E-state index is 11.9. The molecule has 0 spiro atoms. The molecule has 0 unspecified atom stereocenters. The lowest BCUT2D eigenvalue weighted by Crippen LogP contribution is -2.60. The van der Waals surface area contributed by atoms with Gasteiger partial charge in [-0.15, -0.1) is 0 Å². The molecule has 11 heteroatoms. The number of hydrogen-bond donors (Lipinski definition) is 4. The summed E-state index contributed by atoms with van der Waals surface area (Å²) >= 11 is 0. The van der Waals surface area contributed by atoms with Crippen molar-refractivity contribution in [3.8, 4) is 0 Å². The van der Waals surface area contributed by atoms with Crippen LogP contribution < -0.4 is 21.3 Å². The Bertz CT molecular complexity index is 673. The minimum absolute atomic E-state index is 0.138. The summed E-state index contributed by atoms with van der Waals surface area (Å²) in [5.74, 6) is -2.96. The minimum atomic E-state index is -1.02. The van der Waals surface area contributed by atoms with Crippen LogP contribution in [-0.2, 0) is 33.4 Å². The normalized spacial score (nSPS) is 24.4. The van der Waals surface area contributed by atoms with Crippen molar-refractivity contribution in [1.29, 1.82) is 0 Å². The standard InChI is InChI=1S/C17H22N4O7/c1-8-6-18-16(25)14(20-8)9(2)27-12(23)4-5-13(24)28-10(3)15-17(26)19-7-11(22)21-15/h4-5,9-10,14-15,20H,1,6-7H2,2-3H3,(H,18,25)(H,19,26)(H,21,22)/b5-4+/t9-,10-,14+,15+/m1/s1. The molecule has 2 aliphatic heterocycles. The van der Waals surface area contributed by atoms with Gasteiger partial charge >= 0.3 is 11.9 Å². The van der Waals surface area contributed by atoms with Gasteiger partial charge in [0, 0.05) is 17.8 Å². The van der Waals surface area contributed by atoms with E-state index in [9.17, 15) is 24.0 Å². The van der Waals surface area contributed by atoms with Gasteiger partial charge in [0.1, 0.15) is 24.3 Å². The lowest BCUT2D eigenvalue weighted by atomic mass is 10.1. The number of rotatable bonds is 6. The molecular weight excluding hydrogens is 372 g/mol. The highest BCUT2D eigenvalue weighted by atomic mass is 16.5. The zero-order valence-corrected chi connectivity index (χ0v) is 15.4. The van der Waals surface area contributed by atoms with Crippen LogP contribution in [0.4, 0.5) is 0 Å². The Hall–Kier alpha value is -3.37. The quantitative estimate of drug-likeness (QED) is 0.288. The largest absolute Gasteiger partial charge is 0.457 e. The molecule has 0 bridgehead atoms. The molecule has 28 heavy (non-hydrogen) atoms. The Morgan fingerprint density at radius 3 is 1.93 bits per heavy atom. The minimum Gasteiger partial charge on any atom is -0.457 e. The highest BCUT2D eigenvalue weighted by Crippen LogP contribution is 2.07. The Kier molecular flexibility index (Phi) is 6.74. The fourth-order valence-corrected chi connectivity index (χ4v) is 2.59. The Morgan fingerprint density at radius 2 is 1.39 bits per heavy atom. The van der Waals surface area contributed by atoms with Crippen molar-refractivity contribution < 1.29 is 33.4 Å². The molecule has 4 N–H and O–H groups in total. The van der Waals surface area contributed by atoms with Gasteiger partial charge in [-0.2, -0.15) is 0 Å². The topological polar surface area (TPSA) is 152 Å². The van der Waals surface area contributed by atoms with Gasteiger partial charge in [-0.25, -0.2) is 9.59 Å². The second-order valence-electron chi connectivity index (χ2n) is 6.32. The Balaban J connectivity index is 1.83. The second-order valence-corrected chi connectivity index (χ2v) is 6.32. The molecule has 2 fully saturated rings. The van der Waals surface area contributed by atoms with Crippen LogP contribution in [0.1, 0.15) is 13.8 Å². The molecule has 0 radical (unpaired) electrons. The lowest BCUT2D eigenvalue weighted by Gasteiger charge is -2.29. The van der Waals surface area contributed by atoms with Gasteiger partial charge in [0.2, 0.25) is 17.7 Å². The van der Waals surface area contributed by atoms with E-state index in [-0.39, 0.29) is 12.5 Å². The van der Waals surface area contributed by atoms with Crippen molar-refractivity contribution >= 4 is 29.7 Å². The van der Waals surface area contributed by atoms with Crippen LogP contribution in [0.15, 0.2) is 24.4 Å². The number of nitrogens with one attached hydrogen (secondary N) is 4. The molecule has 4 atom stereocenters. The first-order valence-electron chi connectivity index (χ1n) is 8.55. The fraction of sp³-hybridized carbons (Fsp3) is 0.471. The van der Waals surface area contributed by atoms with E-state index in [1.807, 2.05) is 0 Å². The summed E-state index contributed by atoms with van der Waals surface area (Å²) in [5, 5.41) is 10.2. The fourth-order valence-electron chi connectivity index (χ4n) is 2.59. The van der Waals surface area contributed by atoms with Gasteiger partial charge in [0.25, 0.3) is 0 Å². The number of amides is 3. The summed E-state index contributed by atoms with van der Waals surface area (Å²) in [6.45, 7) is 6.81. The summed E-state index contributed by atoms with van der Waals surface area (Å²) in [6, 6.07) is -1.81. The van der Waals surface area contributed by atoms with Crippen molar-refractivity contribution in [2.75, 3.05) is 13.1 Å². The third-order valence-electron chi connectivity index (χ3n) is 4.04. The number of carbonyl (C=O) groups is 5. The van der Waals surface area contributed by atoms with Crippen molar-refractivity contribution in [2.45, 2.75) is 38.1 Å². The van der Waals surface area contributed by atoms with E-state index in [2.05, 4.69) is 27.8 Å². The molecule has 11 nitrogen and oxygen atoms in total. The van der Waals surface area contributed by atoms with E-state index >= 15 is 0 Å². The lowest BCUT2D eigenvalue weighted by molar-refractivity contribution is -0.150. The maximum absolute atomic E-state index is 11.9. The van der Waals surface area contributed by atoms with Crippen molar-refractivity contribution in [3.05, 3.63) is 24.4 Å². The molecule has 0 aromatic carbocycles. The van der Waals surface area contributed by atoms with Gasteiger partial charge in [-0.3, -0.25) is 14.4 Å². The van der Waals surface area contributed by atoms with E-state index in [4.69, 9.17) is 9.47 Å². The van der Waals surface area contributed by atoms with Crippen LogP contribution in [0.3, 0.4) is 0 Å². The van der Waals surface area contributed by atoms with Crippen LogP contribution >= 0.6 is 0 Å². The van der Waals surface area contributed by atoms with Crippen molar-refractivity contribution in [1.82, 2.24) is 21.3 Å². The molecule has 2 rings (SSSR count). The molecule has 3 amide bonds. The monoisotopic (exact) mass is 394 g/mol. The number of piperazine rings is 2. The summed E-state index contributed by atoms with van der Waals surface area (Å²) in [5.41, 5.74) is 0.583. The van der Waals surface area contributed by atoms with Crippen molar-refractivity contribution in [2.24, 2.45) is 0 Å². The Labute approximate surface area is 160 Å². The van der Waals surface area contributed by atoms with Gasteiger partial charge in [-0.1, -0.05) is 6.58 Å². The first-order valence-corrected chi connectivity index (χ1v) is 8.55. The highest BCUT2D eigenvalue weighted by molar-refractivity contribution is 5.96. The third kappa shape index (κ3) is 5.56. The van der Waals surface area contributed by atoms with Gasteiger partial charge in [-0.05, 0) is 13.8 Å². The molecular formula is C17H22N4O7. The van der Waals surface area contributed by atoms with E-state index in [0.29, 0.717) is 12.2 Å². The molecule has 2 saturated heterocycles. The number of carbonyl (C=O) groups excluding carboxylic acids is 5. The van der Waals surface area contributed by atoms with E-state index < -0.39 is 48.0 Å². The van der Waals surface area contributed by atoms with E-state index in [1.54, 1.807) is 0 Å². The SMILES string of the molecule is C=C1CNC(=O)[C@H]([C@@H](C)OC(=O)/C=C/C(=O)O[C@H](C)[C@@H]2NC(=O)CNC2=O)N1. The summed E-state index contributed by atoms with van der Waals surface area (Å²) in [4.78, 5) is 58.5. The summed E-state index contributed by atoms with van der Waals surface area (Å²) < 4.78 is 10.1. The zero-order valence-electron chi connectivity index (χ0n) is 15.4. The molecule has 0 saturated carbocycles. The molecule has 0 aromatic rings. The number of hydrogen-bond acceptors (Lipinski definition) is 8.